The number of carboxylic acid groups (broad SMARTS) is 1. The summed E-state index contributed by atoms with van der Waals surface area (Å²) in [5.74, 6) is -0.643. The number of aliphatic carboxylic acids is 1. The first-order valence-corrected chi connectivity index (χ1v) is 7.13. The first-order valence-electron chi connectivity index (χ1n) is 7.13. The van der Waals surface area contributed by atoms with Crippen LogP contribution in [0.4, 0.5) is 0 Å². The number of hydrogen-bond acceptors (Lipinski definition) is 5. The molecule has 3 rings (SSSR count). The Kier molecular flexibility index (Phi) is 3.77. The summed E-state index contributed by atoms with van der Waals surface area (Å²) < 4.78 is 10.5. The van der Waals surface area contributed by atoms with E-state index in [0.717, 1.165) is 5.56 Å². The standard InChI is InChI=1S/C16H16N2O5/c1-9-7-12(22-2)13(17-8-9)15(19)18-5-3-11-10(4-6-23-11)14(18)16(20)21/h4,6-8,14H,3,5H2,1-2H3,(H,20,21). The molecule has 1 unspecified atom stereocenters. The summed E-state index contributed by atoms with van der Waals surface area (Å²) in [6.07, 6.45) is 3.46. The van der Waals surface area contributed by atoms with E-state index < -0.39 is 17.9 Å². The number of furan rings is 1. The molecule has 7 nitrogen and oxygen atoms in total. The number of carbonyl (C=O) groups excluding carboxylic acids is 1. The monoisotopic (exact) mass is 316 g/mol. The van der Waals surface area contributed by atoms with Crippen LogP contribution in [0.15, 0.2) is 29.0 Å². The lowest BCUT2D eigenvalue weighted by Crippen LogP contribution is -2.43. The van der Waals surface area contributed by atoms with Crippen molar-refractivity contribution in [2.45, 2.75) is 19.4 Å². The van der Waals surface area contributed by atoms with Gasteiger partial charge < -0.3 is 19.2 Å². The fourth-order valence-corrected chi connectivity index (χ4v) is 2.80. The summed E-state index contributed by atoms with van der Waals surface area (Å²) in [4.78, 5) is 29.9. The smallest absolute Gasteiger partial charge is 0.331 e. The fourth-order valence-electron chi connectivity index (χ4n) is 2.80. The lowest BCUT2D eigenvalue weighted by molar-refractivity contribution is -0.143. The highest BCUT2D eigenvalue weighted by molar-refractivity contribution is 5.97. The molecule has 0 aliphatic carbocycles. The minimum absolute atomic E-state index is 0.108. The summed E-state index contributed by atoms with van der Waals surface area (Å²) in [5.41, 5.74) is 1.46. The molecule has 2 aromatic rings. The van der Waals surface area contributed by atoms with Crippen LogP contribution in [0.2, 0.25) is 0 Å². The lowest BCUT2D eigenvalue weighted by Gasteiger charge is -2.32. The van der Waals surface area contributed by atoms with E-state index in [1.165, 1.54) is 18.3 Å². The van der Waals surface area contributed by atoms with E-state index in [1.54, 1.807) is 18.3 Å². The van der Waals surface area contributed by atoms with Crippen molar-refractivity contribution in [1.82, 2.24) is 9.88 Å². The molecule has 0 aromatic carbocycles. The predicted octanol–water partition coefficient (Wildman–Crippen LogP) is 1.82. The average molecular weight is 316 g/mol. The summed E-state index contributed by atoms with van der Waals surface area (Å²) in [6, 6.07) is 2.20. The van der Waals surface area contributed by atoms with E-state index in [9.17, 15) is 14.7 Å². The number of aromatic nitrogens is 1. The van der Waals surface area contributed by atoms with Crippen LogP contribution in [0, 0.1) is 6.92 Å². The van der Waals surface area contributed by atoms with Gasteiger partial charge in [0.25, 0.3) is 5.91 Å². The van der Waals surface area contributed by atoms with E-state index in [0.29, 0.717) is 23.5 Å². The third-order valence-corrected chi connectivity index (χ3v) is 3.87. The van der Waals surface area contributed by atoms with Crippen LogP contribution in [0.25, 0.3) is 0 Å². The zero-order valence-corrected chi connectivity index (χ0v) is 12.8. The fraction of sp³-hybridized carbons (Fsp3) is 0.312. The number of ether oxygens (including phenoxy) is 1. The van der Waals surface area contributed by atoms with Gasteiger partial charge in [-0.25, -0.2) is 9.78 Å². The van der Waals surface area contributed by atoms with Crippen molar-refractivity contribution in [3.05, 3.63) is 47.2 Å². The number of nitrogens with zero attached hydrogens (tertiary/aromatic N) is 2. The van der Waals surface area contributed by atoms with Crippen LogP contribution in [0.3, 0.4) is 0 Å². The Balaban J connectivity index is 2.01. The van der Waals surface area contributed by atoms with Gasteiger partial charge in [0.1, 0.15) is 11.5 Å². The molecule has 1 aliphatic rings. The maximum atomic E-state index is 12.8. The van der Waals surface area contributed by atoms with E-state index >= 15 is 0 Å². The molecular formula is C16H16N2O5. The van der Waals surface area contributed by atoms with E-state index in [4.69, 9.17) is 9.15 Å². The molecule has 0 fully saturated rings. The van der Waals surface area contributed by atoms with Gasteiger partial charge in [-0.15, -0.1) is 0 Å². The highest BCUT2D eigenvalue weighted by Crippen LogP contribution is 2.33. The summed E-state index contributed by atoms with van der Waals surface area (Å²) in [7, 11) is 1.45. The molecular weight excluding hydrogens is 300 g/mol. The molecule has 1 N–H and O–H groups in total. The summed E-state index contributed by atoms with van der Waals surface area (Å²) in [6.45, 7) is 2.08. The Labute approximate surface area is 132 Å². The Morgan fingerprint density at radius 1 is 1.48 bits per heavy atom. The SMILES string of the molecule is COc1cc(C)cnc1C(=O)N1CCc2occc2C1C(=O)O. The number of aryl methyl sites for hydroxylation is 1. The number of fused-ring (bicyclic) bond motifs is 1. The molecule has 1 amide bonds. The van der Waals surface area contributed by atoms with Crippen molar-refractivity contribution >= 4 is 11.9 Å². The van der Waals surface area contributed by atoms with Gasteiger partial charge in [-0.05, 0) is 24.6 Å². The Morgan fingerprint density at radius 2 is 2.26 bits per heavy atom. The molecule has 0 saturated heterocycles. The molecule has 7 heteroatoms. The van der Waals surface area contributed by atoms with Crippen molar-refractivity contribution < 1.29 is 23.8 Å². The third-order valence-electron chi connectivity index (χ3n) is 3.87. The van der Waals surface area contributed by atoms with Gasteiger partial charge in [0.05, 0.1) is 13.4 Å². The second-order valence-electron chi connectivity index (χ2n) is 5.35. The van der Waals surface area contributed by atoms with Gasteiger partial charge in [-0.3, -0.25) is 4.79 Å². The minimum atomic E-state index is -1.10. The number of methoxy groups -OCH3 is 1. The summed E-state index contributed by atoms with van der Waals surface area (Å²) >= 11 is 0. The van der Waals surface area contributed by atoms with Gasteiger partial charge in [0.15, 0.2) is 11.7 Å². The molecule has 1 aliphatic heterocycles. The van der Waals surface area contributed by atoms with Crippen LogP contribution < -0.4 is 4.74 Å². The van der Waals surface area contributed by atoms with Crippen molar-refractivity contribution in [3.63, 3.8) is 0 Å². The minimum Gasteiger partial charge on any atom is -0.494 e. The summed E-state index contributed by atoms with van der Waals surface area (Å²) in [5, 5.41) is 9.55. The number of pyridine rings is 1. The third kappa shape index (κ3) is 2.54. The van der Waals surface area contributed by atoms with Gasteiger partial charge in [0, 0.05) is 24.7 Å². The number of carbonyl (C=O) groups is 2. The molecule has 23 heavy (non-hydrogen) atoms. The van der Waals surface area contributed by atoms with Gasteiger partial charge in [0.2, 0.25) is 0 Å². The van der Waals surface area contributed by atoms with Crippen LogP contribution in [0.1, 0.15) is 33.4 Å². The maximum absolute atomic E-state index is 12.8. The van der Waals surface area contributed by atoms with Crippen LogP contribution in [0.5, 0.6) is 5.75 Å². The first-order chi connectivity index (χ1) is 11.0. The zero-order valence-electron chi connectivity index (χ0n) is 12.8. The van der Waals surface area contributed by atoms with Gasteiger partial charge >= 0.3 is 5.97 Å². The van der Waals surface area contributed by atoms with Crippen molar-refractivity contribution in [3.8, 4) is 5.75 Å². The first kappa shape index (κ1) is 15.1. The number of carboxylic acids is 1. The molecule has 0 saturated carbocycles. The van der Waals surface area contributed by atoms with Crippen LogP contribution in [-0.2, 0) is 11.2 Å². The Hall–Kier alpha value is -2.83. The molecule has 0 bridgehead atoms. The number of hydrogen-bond donors (Lipinski definition) is 1. The quantitative estimate of drug-likeness (QED) is 0.928. The van der Waals surface area contributed by atoms with Gasteiger partial charge in [-0.2, -0.15) is 0 Å². The molecule has 120 valence electrons. The van der Waals surface area contributed by atoms with Gasteiger partial charge in [-0.1, -0.05) is 0 Å². The highest BCUT2D eigenvalue weighted by Gasteiger charge is 2.39. The van der Waals surface area contributed by atoms with Crippen molar-refractivity contribution in [1.29, 1.82) is 0 Å². The zero-order chi connectivity index (χ0) is 16.6. The largest absolute Gasteiger partial charge is 0.494 e. The topological polar surface area (TPSA) is 92.9 Å². The normalized spacial score (nSPS) is 16.8. The van der Waals surface area contributed by atoms with E-state index in [-0.39, 0.29) is 12.2 Å². The van der Waals surface area contributed by atoms with Crippen LogP contribution >= 0.6 is 0 Å². The Bertz CT molecular complexity index is 768. The second-order valence-corrected chi connectivity index (χ2v) is 5.35. The molecule has 1 atom stereocenters. The van der Waals surface area contributed by atoms with E-state index in [1.807, 2.05) is 6.92 Å². The Morgan fingerprint density at radius 3 is 2.96 bits per heavy atom. The number of amides is 1. The highest BCUT2D eigenvalue weighted by atomic mass is 16.5. The number of rotatable bonds is 3. The molecule has 0 spiro atoms. The second kappa shape index (κ2) is 5.75. The molecule has 3 heterocycles. The molecule has 2 aromatic heterocycles. The van der Waals surface area contributed by atoms with E-state index in [2.05, 4.69) is 4.98 Å². The maximum Gasteiger partial charge on any atom is 0.331 e. The molecule has 0 radical (unpaired) electrons. The average Bonchev–Trinajstić information content (AvgIpc) is 3.01. The predicted molar refractivity (Wildman–Crippen MR) is 79.4 cm³/mol. The van der Waals surface area contributed by atoms with Crippen LogP contribution in [-0.4, -0.2) is 40.5 Å². The lowest BCUT2D eigenvalue weighted by atomic mass is 9.99. The van der Waals surface area contributed by atoms with Crippen molar-refractivity contribution in [2.75, 3.05) is 13.7 Å². The van der Waals surface area contributed by atoms with Crippen molar-refractivity contribution in [2.24, 2.45) is 0 Å².